The van der Waals surface area contributed by atoms with Crippen LogP contribution in [0, 0.1) is 0 Å². The van der Waals surface area contributed by atoms with Gasteiger partial charge in [0.15, 0.2) is 0 Å². The number of hydrogen-bond acceptors (Lipinski definition) is 2. The summed E-state index contributed by atoms with van der Waals surface area (Å²) in [7, 11) is 1.28. The maximum absolute atomic E-state index is 12.5. The molecule has 16 heavy (non-hydrogen) atoms. The second kappa shape index (κ2) is 4.65. The van der Waals surface area contributed by atoms with Gasteiger partial charge in [0.1, 0.15) is 0 Å². The third kappa shape index (κ3) is 3.70. The Morgan fingerprint density at radius 2 is 1.56 bits per heavy atom. The van der Waals surface area contributed by atoms with Gasteiger partial charge >= 0.3 is 12.1 Å². The van der Waals surface area contributed by atoms with Crippen LogP contribution in [0.5, 0.6) is 0 Å². The number of carbonyl (C=O) groups excluding carboxylic acids is 1. The summed E-state index contributed by atoms with van der Waals surface area (Å²) in [5.74, 6) is -7.42. The summed E-state index contributed by atoms with van der Waals surface area (Å²) < 4.78 is 65.1. The van der Waals surface area contributed by atoms with Crippen molar-refractivity contribution in [2.45, 2.75) is 44.4 Å². The molecule has 0 amide bonds. The maximum Gasteiger partial charge on any atom is 0.461 e. The number of alkyl halides is 5. The van der Waals surface area contributed by atoms with Gasteiger partial charge in [-0.15, -0.1) is 0 Å². The summed E-state index contributed by atoms with van der Waals surface area (Å²) in [6, 6.07) is 0. The van der Waals surface area contributed by atoms with Crippen molar-refractivity contribution in [1.82, 2.24) is 0 Å². The molecule has 0 spiro atoms. The average molecular weight is 248 g/mol. The first-order valence-electron chi connectivity index (χ1n) is 4.47. The van der Waals surface area contributed by atoms with Gasteiger partial charge in [0.2, 0.25) is 5.78 Å². The Labute approximate surface area is 89.8 Å². The number of ether oxygens (including phenoxy) is 1. The van der Waals surface area contributed by atoms with E-state index in [4.69, 9.17) is 4.74 Å². The predicted octanol–water partition coefficient (Wildman–Crippen LogP) is 2.96. The molecular weight excluding hydrogens is 235 g/mol. The molecule has 7 heteroatoms. The van der Waals surface area contributed by atoms with Crippen molar-refractivity contribution in [3.05, 3.63) is 0 Å². The number of halogens is 5. The predicted molar refractivity (Wildman–Crippen MR) is 46.3 cm³/mol. The lowest BCUT2D eigenvalue weighted by Gasteiger charge is -2.24. The number of hydrogen-bond donors (Lipinski definition) is 0. The van der Waals surface area contributed by atoms with Crippen LogP contribution in [-0.4, -0.2) is 30.6 Å². The zero-order valence-electron chi connectivity index (χ0n) is 9.12. The Kier molecular flexibility index (Phi) is 4.44. The van der Waals surface area contributed by atoms with Crippen molar-refractivity contribution in [2.24, 2.45) is 0 Å². The first-order chi connectivity index (χ1) is 6.94. The lowest BCUT2D eigenvalue weighted by Crippen LogP contribution is -2.44. The molecule has 0 saturated carbocycles. The standard InChI is InChI=1S/C9H13F5O2/c1-7(2,16-3)5-4-6(15)8(10,11)9(12,13)14/h4-5H2,1-3H3. The molecule has 96 valence electrons. The molecule has 0 atom stereocenters. The van der Waals surface area contributed by atoms with E-state index in [0.717, 1.165) is 0 Å². The van der Waals surface area contributed by atoms with Gasteiger partial charge in [-0.25, -0.2) is 0 Å². The summed E-state index contributed by atoms with van der Waals surface area (Å²) >= 11 is 0. The fourth-order valence-electron chi connectivity index (χ4n) is 0.832. The normalized spacial score (nSPS) is 14.0. The van der Waals surface area contributed by atoms with E-state index in [1.807, 2.05) is 0 Å². The van der Waals surface area contributed by atoms with Crippen LogP contribution < -0.4 is 0 Å². The molecule has 0 aromatic heterocycles. The van der Waals surface area contributed by atoms with Crippen LogP contribution in [0.15, 0.2) is 0 Å². The Bertz CT molecular complexity index is 257. The van der Waals surface area contributed by atoms with Gasteiger partial charge in [-0.3, -0.25) is 4.79 Å². The van der Waals surface area contributed by atoms with Crippen LogP contribution in [0.2, 0.25) is 0 Å². The van der Waals surface area contributed by atoms with E-state index in [2.05, 4.69) is 0 Å². The Balaban J connectivity index is 4.50. The van der Waals surface area contributed by atoms with Gasteiger partial charge in [0.05, 0.1) is 5.60 Å². The zero-order valence-corrected chi connectivity index (χ0v) is 9.12. The number of rotatable bonds is 5. The van der Waals surface area contributed by atoms with E-state index in [1.165, 1.54) is 21.0 Å². The van der Waals surface area contributed by atoms with Crippen molar-refractivity contribution in [3.63, 3.8) is 0 Å². The van der Waals surface area contributed by atoms with E-state index >= 15 is 0 Å². The first-order valence-corrected chi connectivity index (χ1v) is 4.47. The topological polar surface area (TPSA) is 26.3 Å². The molecule has 0 fully saturated rings. The monoisotopic (exact) mass is 248 g/mol. The molecule has 0 unspecified atom stereocenters. The summed E-state index contributed by atoms with van der Waals surface area (Å²) in [5.41, 5.74) is -0.905. The number of carbonyl (C=O) groups is 1. The van der Waals surface area contributed by atoms with Crippen LogP contribution in [0.4, 0.5) is 22.0 Å². The van der Waals surface area contributed by atoms with Crippen molar-refractivity contribution < 1.29 is 31.5 Å². The fraction of sp³-hybridized carbons (Fsp3) is 0.889. The van der Waals surface area contributed by atoms with Gasteiger partial charge in [-0.2, -0.15) is 22.0 Å². The maximum atomic E-state index is 12.5. The summed E-state index contributed by atoms with van der Waals surface area (Å²) in [5, 5.41) is 0. The molecule has 0 aliphatic heterocycles. The molecule has 2 nitrogen and oxygen atoms in total. The number of Topliss-reactive ketones (excluding diaryl/α,β-unsaturated/α-hetero) is 1. The molecule has 0 aromatic carbocycles. The average Bonchev–Trinajstić information content (AvgIpc) is 2.12. The highest BCUT2D eigenvalue weighted by molar-refractivity contribution is 5.86. The fourth-order valence-corrected chi connectivity index (χ4v) is 0.832. The number of methoxy groups -OCH3 is 1. The smallest absolute Gasteiger partial charge is 0.379 e. The van der Waals surface area contributed by atoms with Gasteiger partial charge in [-0.05, 0) is 20.3 Å². The van der Waals surface area contributed by atoms with Gasteiger partial charge in [0, 0.05) is 13.5 Å². The minimum atomic E-state index is -5.83. The lowest BCUT2D eigenvalue weighted by molar-refractivity contribution is -0.269. The number of ketones is 1. The van der Waals surface area contributed by atoms with Crippen molar-refractivity contribution in [1.29, 1.82) is 0 Å². The van der Waals surface area contributed by atoms with Crippen molar-refractivity contribution >= 4 is 5.78 Å². The van der Waals surface area contributed by atoms with Gasteiger partial charge in [-0.1, -0.05) is 0 Å². The SMILES string of the molecule is COC(C)(C)CCC(=O)C(F)(F)C(F)(F)F. The molecule has 0 saturated heterocycles. The van der Waals surface area contributed by atoms with E-state index in [0.29, 0.717) is 0 Å². The Hall–Kier alpha value is -0.720. The minimum Gasteiger partial charge on any atom is -0.379 e. The molecule has 0 rings (SSSR count). The van der Waals surface area contributed by atoms with Crippen LogP contribution in [-0.2, 0) is 9.53 Å². The van der Waals surface area contributed by atoms with Crippen molar-refractivity contribution in [3.8, 4) is 0 Å². The molecule has 0 radical (unpaired) electrons. The second-order valence-electron chi connectivity index (χ2n) is 3.96. The van der Waals surface area contributed by atoms with Gasteiger partial charge in [0.25, 0.3) is 0 Å². The van der Waals surface area contributed by atoms with E-state index in [9.17, 15) is 26.7 Å². The largest absolute Gasteiger partial charge is 0.461 e. The van der Waals surface area contributed by atoms with E-state index in [-0.39, 0.29) is 6.42 Å². The van der Waals surface area contributed by atoms with Gasteiger partial charge < -0.3 is 4.74 Å². The molecule has 0 aliphatic rings. The first kappa shape index (κ1) is 15.3. The molecule has 0 aliphatic carbocycles. The van der Waals surface area contributed by atoms with Crippen LogP contribution in [0.3, 0.4) is 0 Å². The van der Waals surface area contributed by atoms with E-state index < -0.39 is 29.9 Å². The molecule has 0 bridgehead atoms. The Morgan fingerprint density at radius 1 is 1.12 bits per heavy atom. The summed E-state index contributed by atoms with van der Waals surface area (Å²) in [6.07, 6.45) is -6.91. The zero-order chi connectivity index (χ0) is 13.2. The third-order valence-electron chi connectivity index (χ3n) is 2.21. The van der Waals surface area contributed by atoms with Crippen LogP contribution in [0.25, 0.3) is 0 Å². The lowest BCUT2D eigenvalue weighted by atomic mass is 9.98. The highest BCUT2D eigenvalue weighted by atomic mass is 19.4. The highest BCUT2D eigenvalue weighted by Crippen LogP contribution is 2.37. The molecule has 0 heterocycles. The minimum absolute atomic E-state index is 0.200. The van der Waals surface area contributed by atoms with Crippen molar-refractivity contribution in [2.75, 3.05) is 7.11 Å². The quantitative estimate of drug-likeness (QED) is 0.699. The summed E-state index contributed by atoms with van der Waals surface area (Å²) in [6.45, 7) is 2.98. The Morgan fingerprint density at radius 3 is 1.88 bits per heavy atom. The highest BCUT2D eigenvalue weighted by Gasteiger charge is 2.62. The molecule has 0 N–H and O–H groups in total. The molecular formula is C9H13F5O2. The van der Waals surface area contributed by atoms with Crippen LogP contribution >= 0.6 is 0 Å². The molecule has 0 aromatic rings. The third-order valence-corrected chi connectivity index (χ3v) is 2.21. The second-order valence-corrected chi connectivity index (χ2v) is 3.96. The summed E-state index contributed by atoms with van der Waals surface area (Å²) in [4.78, 5) is 10.7. The van der Waals surface area contributed by atoms with E-state index in [1.54, 1.807) is 0 Å². The van der Waals surface area contributed by atoms with Crippen LogP contribution in [0.1, 0.15) is 26.7 Å².